The minimum absolute atomic E-state index is 0.353. The number of rotatable bonds is 3. The van der Waals surface area contributed by atoms with E-state index < -0.39 is 11.9 Å². The monoisotopic (exact) mass is 352 g/mol. The summed E-state index contributed by atoms with van der Waals surface area (Å²) >= 11 is 0. The van der Waals surface area contributed by atoms with Crippen molar-refractivity contribution in [2.45, 2.75) is 6.18 Å². The number of hydrogen-bond acceptors (Lipinski definition) is 6. The van der Waals surface area contributed by atoms with Gasteiger partial charge < -0.3 is 14.7 Å². The van der Waals surface area contributed by atoms with Crippen molar-refractivity contribution in [2.24, 2.45) is 0 Å². The third-order valence-electron chi connectivity index (χ3n) is 4.05. The Morgan fingerprint density at radius 2 is 1.60 bits per heavy atom. The third-order valence-corrected chi connectivity index (χ3v) is 4.05. The van der Waals surface area contributed by atoms with E-state index in [9.17, 15) is 13.2 Å². The van der Waals surface area contributed by atoms with Gasteiger partial charge in [0.15, 0.2) is 0 Å². The van der Waals surface area contributed by atoms with Crippen LogP contribution in [-0.4, -0.2) is 55.2 Å². The first-order valence-electron chi connectivity index (χ1n) is 7.88. The van der Waals surface area contributed by atoms with Crippen molar-refractivity contribution in [1.82, 2.24) is 15.0 Å². The highest BCUT2D eigenvalue weighted by Gasteiger charge is 2.33. The highest BCUT2D eigenvalue weighted by Crippen LogP contribution is 2.29. The second kappa shape index (κ2) is 6.73. The summed E-state index contributed by atoms with van der Waals surface area (Å²) in [7, 11) is 3.81. The Bertz CT molecular complexity index is 726. The summed E-state index contributed by atoms with van der Waals surface area (Å²) in [5.74, 6) is 1.98. The molecule has 134 valence electrons. The van der Waals surface area contributed by atoms with Gasteiger partial charge in [-0.3, -0.25) is 0 Å². The molecule has 6 nitrogen and oxygen atoms in total. The molecule has 1 aliphatic rings. The maximum Gasteiger partial charge on any atom is 0.433 e. The fourth-order valence-electron chi connectivity index (χ4n) is 2.68. The van der Waals surface area contributed by atoms with Gasteiger partial charge in [-0.2, -0.15) is 13.2 Å². The molecular formula is C16H19F3N6. The summed E-state index contributed by atoms with van der Waals surface area (Å²) in [6, 6.07) is 5.90. The Kier molecular flexibility index (Phi) is 4.65. The molecule has 1 aliphatic heterocycles. The molecule has 0 aliphatic carbocycles. The van der Waals surface area contributed by atoms with Gasteiger partial charge in [-0.05, 0) is 12.1 Å². The van der Waals surface area contributed by atoms with Gasteiger partial charge in [0.2, 0.25) is 0 Å². The average Bonchev–Trinajstić information content (AvgIpc) is 2.61. The zero-order valence-corrected chi connectivity index (χ0v) is 14.0. The summed E-state index contributed by atoms with van der Waals surface area (Å²) in [5.41, 5.74) is -0.862. The van der Waals surface area contributed by atoms with E-state index >= 15 is 0 Å². The molecular weight excluding hydrogens is 333 g/mol. The lowest BCUT2D eigenvalue weighted by Gasteiger charge is -2.36. The summed E-state index contributed by atoms with van der Waals surface area (Å²) in [6.45, 7) is 2.47. The predicted molar refractivity (Wildman–Crippen MR) is 90.0 cm³/mol. The van der Waals surface area contributed by atoms with E-state index in [4.69, 9.17) is 0 Å². The summed E-state index contributed by atoms with van der Waals surface area (Å²) in [6.07, 6.45) is -2.91. The maximum absolute atomic E-state index is 12.8. The number of anilines is 3. The molecule has 0 N–H and O–H groups in total. The predicted octanol–water partition coefficient (Wildman–Crippen LogP) is 2.28. The minimum Gasteiger partial charge on any atom is -0.363 e. The Labute approximate surface area is 143 Å². The van der Waals surface area contributed by atoms with Gasteiger partial charge in [0.1, 0.15) is 29.5 Å². The van der Waals surface area contributed by atoms with E-state index in [1.807, 2.05) is 30.0 Å². The first-order valence-corrected chi connectivity index (χ1v) is 7.88. The Morgan fingerprint density at radius 1 is 0.960 bits per heavy atom. The van der Waals surface area contributed by atoms with Crippen molar-refractivity contribution in [3.63, 3.8) is 0 Å². The minimum atomic E-state index is -4.43. The zero-order chi connectivity index (χ0) is 18.0. The standard InChI is InChI=1S/C16H19F3N6/c1-23(2)14-10-15(21-11-20-14)25-8-6-24(7-9-25)13-5-3-4-12(22-13)16(17,18)19/h3-5,10-11H,6-9H2,1-2H3. The molecule has 3 rings (SSSR count). The number of hydrogen-bond donors (Lipinski definition) is 0. The lowest BCUT2D eigenvalue weighted by Crippen LogP contribution is -2.47. The van der Waals surface area contributed by atoms with Crippen LogP contribution >= 0.6 is 0 Å². The SMILES string of the molecule is CN(C)c1cc(N2CCN(c3cccc(C(F)(F)F)n3)CC2)ncn1. The summed E-state index contributed by atoms with van der Waals surface area (Å²) < 4.78 is 38.4. The molecule has 0 saturated carbocycles. The number of halogens is 3. The molecule has 0 spiro atoms. The Hall–Kier alpha value is -2.58. The van der Waals surface area contributed by atoms with E-state index in [1.54, 1.807) is 6.07 Å². The summed E-state index contributed by atoms with van der Waals surface area (Å²) in [5, 5.41) is 0. The van der Waals surface area contributed by atoms with Crippen LogP contribution in [0.5, 0.6) is 0 Å². The fraction of sp³-hybridized carbons (Fsp3) is 0.438. The van der Waals surface area contributed by atoms with Crippen LogP contribution in [0.1, 0.15) is 5.69 Å². The fourth-order valence-corrected chi connectivity index (χ4v) is 2.68. The molecule has 0 bridgehead atoms. The highest BCUT2D eigenvalue weighted by molar-refractivity contribution is 5.51. The Morgan fingerprint density at radius 3 is 2.20 bits per heavy atom. The molecule has 0 aromatic carbocycles. The van der Waals surface area contributed by atoms with Gasteiger partial charge in [0, 0.05) is 46.3 Å². The van der Waals surface area contributed by atoms with Crippen LogP contribution in [0.4, 0.5) is 30.6 Å². The molecule has 0 unspecified atom stereocenters. The molecule has 3 heterocycles. The molecule has 0 atom stereocenters. The molecule has 25 heavy (non-hydrogen) atoms. The molecule has 1 fully saturated rings. The van der Waals surface area contributed by atoms with E-state index in [0.717, 1.165) is 17.7 Å². The van der Waals surface area contributed by atoms with Gasteiger partial charge in [0.05, 0.1) is 0 Å². The van der Waals surface area contributed by atoms with E-state index in [2.05, 4.69) is 19.9 Å². The first-order chi connectivity index (χ1) is 11.8. The number of pyridine rings is 1. The molecule has 2 aromatic rings. The molecule has 0 amide bonds. The summed E-state index contributed by atoms with van der Waals surface area (Å²) in [4.78, 5) is 18.1. The van der Waals surface area contributed by atoms with Crippen LogP contribution in [0.15, 0.2) is 30.6 Å². The second-order valence-corrected chi connectivity index (χ2v) is 5.98. The smallest absolute Gasteiger partial charge is 0.363 e. The quantitative estimate of drug-likeness (QED) is 0.845. The van der Waals surface area contributed by atoms with E-state index in [-0.39, 0.29) is 0 Å². The number of nitrogens with zero attached hydrogens (tertiary/aromatic N) is 6. The van der Waals surface area contributed by atoms with Crippen LogP contribution in [0.2, 0.25) is 0 Å². The van der Waals surface area contributed by atoms with E-state index in [1.165, 1.54) is 12.4 Å². The Balaban J connectivity index is 1.69. The third kappa shape index (κ3) is 3.92. The van der Waals surface area contributed by atoms with Crippen LogP contribution in [0.25, 0.3) is 0 Å². The second-order valence-electron chi connectivity index (χ2n) is 5.98. The zero-order valence-electron chi connectivity index (χ0n) is 14.0. The van der Waals surface area contributed by atoms with Gasteiger partial charge >= 0.3 is 6.18 Å². The van der Waals surface area contributed by atoms with Crippen molar-refractivity contribution in [3.05, 3.63) is 36.3 Å². The van der Waals surface area contributed by atoms with E-state index in [0.29, 0.717) is 32.0 Å². The van der Waals surface area contributed by atoms with Gasteiger partial charge in [-0.1, -0.05) is 6.07 Å². The number of aromatic nitrogens is 3. The topological polar surface area (TPSA) is 48.4 Å². The largest absolute Gasteiger partial charge is 0.433 e. The highest BCUT2D eigenvalue weighted by atomic mass is 19.4. The van der Waals surface area contributed by atoms with Gasteiger partial charge in [-0.25, -0.2) is 15.0 Å². The van der Waals surface area contributed by atoms with Crippen LogP contribution in [0, 0.1) is 0 Å². The van der Waals surface area contributed by atoms with Crippen LogP contribution in [0.3, 0.4) is 0 Å². The van der Waals surface area contributed by atoms with Crippen LogP contribution in [-0.2, 0) is 6.18 Å². The first kappa shape index (κ1) is 17.2. The van der Waals surface area contributed by atoms with Crippen LogP contribution < -0.4 is 14.7 Å². The molecule has 1 saturated heterocycles. The van der Waals surface area contributed by atoms with Gasteiger partial charge in [-0.15, -0.1) is 0 Å². The molecule has 2 aromatic heterocycles. The number of piperazine rings is 1. The van der Waals surface area contributed by atoms with Crippen molar-refractivity contribution in [1.29, 1.82) is 0 Å². The van der Waals surface area contributed by atoms with Crippen molar-refractivity contribution >= 4 is 17.5 Å². The lowest BCUT2D eigenvalue weighted by atomic mass is 10.2. The average molecular weight is 352 g/mol. The lowest BCUT2D eigenvalue weighted by molar-refractivity contribution is -0.141. The van der Waals surface area contributed by atoms with Crippen molar-refractivity contribution in [2.75, 3.05) is 55.0 Å². The van der Waals surface area contributed by atoms with Crippen molar-refractivity contribution in [3.8, 4) is 0 Å². The maximum atomic E-state index is 12.8. The van der Waals surface area contributed by atoms with Crippen molar-refractivity contribution < 1.29 is 13.2 Å². The number of alkyl halides is 3. The molecule has 9 heteroatoms. The normalized spacial score (nSPS) is 15.4. The molecule has 0 radical (unpaired) electrons. The van der Waals surface area contributed by atoms with Gasteiger partial charge in [0.25, 0.3) is 0 Å².